The highest BCUT2D eigenvalue weighted by atomic mass is 17.1. The maximum absolute atomic E-state index is 11.9. The lowest BCUT2D eigenvalue weighted by Gasteiger charge is -2.33. The topological polar surface area (TPSA) is 335 Å². The van der Waals surface area contributed by atoms with Crippen molar-refractivity contribution >= 4 is 0 Å². The zero-order valence-corrected chi connectivity index (χ0v) is 43.4. The largest absolute Gasteiger partial charge is 0.504 e. The number of aliphatic hydroxyl groups excluding tert-OH is 10. The first-order valence-corrected chi connectivity index (χ1v) is 25.0. The molecule has 0 spiro atoms. The van der Waals surface area contributed by atoms with Crippen LogP contribution in [0.1, 0.15) is 81.5 Å². The summed E-state index contributed by atoms with van der Waals surface area (Å²) in [6.45, 7) is -3.55. The highest BCUT2D eigenvalue weighted by Crippen LogP contribution is 2.52. The number of hydrogen-bond donors (Lipinski definition) is 12. The van der Waals surface area contributed by atoms with Crippen molar-refractivity contribution in [2.75, 3.05) is 68.1 Å². The van der Waals surface area contributed by atoms with E-state index in [9.17, 15) is 61.4 Å². The first kappa shape index (κ1) is 58.0. The quantitative estimate of drug-likeness (QED) is 0.0301. The van der Waals surface area contributed by atoms with Crippen molar-refractivity contribution in [2.24, 2.45) is 0 Å². The van der Waals surface area contributed by atoms with Gasteiger partial charge in [0.05, 0.1) is 74.0 Å². The highest BCUT2D eigenvalue weighted by Gasteiger charge is 2.40. The highest BCUT2D eigenvalue weighted by molar-refractivity contribution is 5.78. The molecule has 0 aromatic heterocycles. The molecule has 0 amide bonds. The van der Waals surface area contributed by atoms with Gasteiger partial charge in [0, 0.05) is 22.3 Å². The fourth-order valence-electron chi connectivity index (χ4n) is 9.67. The summed E-state index contributed by atoms with van der Waals surface area (Å²) in [5, 5.41) is 127. The molecule has 0 aliphatic carbocycles. The number of methoxy groups -OCH3 is 4. The average Bonchev–Trinajstić information content (AvgIpc) is 4.07. The van der Waals surface area contributed by atoms with E-state index in [1.807, 2.05) is 0 Å². The number of fused-ring (bicyclic) bond motifs is 4. The number of phenolic OH excluding ortho intramolecular Hbond substituents is 1. The summed E-state index contributed by atoms with van der Waals surface area (Å²) < 4.78 is 53.8. The Kier molecular flexibility index (Phi) is 18.9. The average molecular weight is 1100 g/mol. The molecule has 8 rings (SSSR count). The number of aliphatic hydroxyl groups is 10. The third-order valence-electron chi connectivity index (χ3n) is 14.0. The van der Waals surface area contributed by atoms with Crippen molar-refractivity contribution in [3.63, 3.8) is 0 Å². The number of ether oxygens (including phenoxy) is 9. The smallest absolute Gasteiger partial charge is 0.165 e. The predicted octanol–water partition coefficient (Wildman–Crippen LogP) is 4.03. The SMILES string of the molecule is COc1cc(C2Oc3ccc(C(O)C(CO)OO)cc3-c3cc(C(O)C(CO)Oc4ccc(C(O)C(CO)Oc5ccc(C6Oc7c(OC)cc(C(O)CO)cc7C6CO)cc5OC)cc4OC)ccc3OC2CO)ccc1O. The lowest BCUT2D eigenvalue weighted by atomic mass is 9.90. The Labute approximate surface area is 453 Å². The van der Waals surface area contributed by atoms with Gasteiger partial charge in [-0.1, -0.05) is 30.3 Å². The van der Waals surface area contributed by atoms with Crippen molar-refractivity contribution in [1.29, 1.82) is 0 Å². The molecule has 0 saturated carbocycles. The fourth-order valence-corrected chi connectivity index (χ4v) is 9.67. The predicted molar refractivity (Wildman–Crippen MR) is 278 cm³/mol. The van der Waals surface area contributed by atoms with Gasteiger partial charge in [-0.15, -0.1) is 0 Å². The Morgan fingerprint density at radius 3 is 1.49 bits per heavy atom. The van der Waals surface area contributed by atoms with Gasteiger partial charge in [-0.3, -0.25) is 5.26 Å². The van der Waals surface area contributed by atoms with E-state index in [1.165, 1.54) is 95.2 Å². The van der Waals surface area contributed by atoms with E-state index in [2.05, 4.69) is 4.89 Å². The minimum Gasteiger partial charge on any atom is -0.504 e. The Morgan fingerprint density at radius 2 is 0.949 bits per heavy atom. The van der Waals surface area contributed by atoms with Gasteiger partial charge in [0.15, 0.2) is 70.4 Å². The van der Waals surface area contributed by atoms with E-state index in [0.29, 0.717) is 39.3 Å². The molecule has 6 aromatic carbocycles. The molecule has 424 valence electrons. The van der Waals surface area contributed by atoms with Crippen LogP contribution in [-0.2, 0) is 4.89 Å². The Bertz CT molecular complexity index is 3020. The summed E-state index contributed by atoms with van der Waals surface area (Å²) in [4.78, 5) is 4.32. The van der Waals surface area contributed by atoms with Crippen LogP contribution in [0.15, 0.2) is 103 Å². The molecular weight excluding hydrogens is 1040 g/mol. The standard InChI is InChI=1S/C57H64O22/c1-70-44-19-32(5-10-38(44)64)56-51(27-63)74-40-11-6-28(15-34(40)35-16-29(7-12-41(35)77-56)54(68)50(26-62)79-69)52(66)48(24-60)75-42-13-8-30(18-45(42)71-2)53(67)49(25-61)76-43-14-9-31(20-46(43)72-3)55-37(22-58)36-17-33(39(65)23-59)21-47(73-4)57(36)78-55/h5-21,37,39,48-56,58-69H,22-27H2,1-4H3. The van der Waals surface area contributed by atoms with Crippen LogP contribution in [0, 0.1) is 0 Å². The molecule has 2 aliphatic heterocycles. The van der Waals surface area contributed by atoms with Crippen LogP contribution in [-0.4, -0.2) is 154 Å². The molecule has 2 aliphatic rings. The lowest BCUT2D eigenvalue weighted by molar-refractivity contribution is -0.304. The van der Waals surface area contributed by atoms with E-state index < -0.39 is 100.0 Å². The number of aromatic hydroxyl groups is 1. The lowest BCUT2D eigenvalue weighted by Crippen LogP contribution is -2.34. The van der Waals surface area contributed by atoms with Crippen LogP contribution in [0.2, 0.25) is 0 Å². The van der Waals surface area contributed by atoms with Crippen LogP contribution >= 0.6 is 0 Å². The molecule has 6 aromatic rings. The second-order valence-corrected chi connectivity index (χ2v) is 18.6. The molecule has 22 heteroatoms. The Hall–Kier alpha value is -7.16. The number of hydrogen-bond acceptors (Lipinski definition) is 22. The van der Waals surface area contributed by atoms with Crippen molar-refractivity contribution < 1.29 is 109 Å². The number of rotatable bonds is 24. The zero-order chi connectivity index (χ0) is 56.7. The van der Waals surface area contributed by atoms with Gasteiger partial charge < -0.3 is 98.8 Å². The van der Waals surface area contributed by atoms with Gasteiger partial charge in [-0.05, 0) is 101 Å². The van der Waals surface area contributed by atoms with Gasteiger partial charge in [0.25, 0.3) is 0 Å². The molecule has 12 N–H and O–H groups in total. The van der Waals surface area contributed by atoms with Crippen molar-refractivity contribution in [3.8, 4) is 68.6 Å². The number of benzene rings is 6. The van der Waals surface area contributed by atoms with Crippen LogP contribution in [0.5, 0.6) is 57.5 Å². The van der Waals surface area contributed by atoms with Crippen molar-refractivity contribution in [3.05, 3.63) is 142 Å². The molecule has 0 radical (unpaired) electrons. The second-order valence-electron chi connectivity index (χ2n) is 18.6. The molecular formula is C57H64O22. The Morgan fingerprint density at radius 1 is 0.456 bits per heavy atom. The summed E-state index contributed by atoms with van der Waals surface area (Å²) in [5.74, 6) is 0.924. The first-order chi connectivity index (χ1) is 38.2. The molecule has 11 unspecified atom stereocenters. The molecule has 79 heavy (non-hydrogen) atoms. The van der Waals surface area contributed by atoms with E-state index >= 15 is 0 Å². The maximum Gasteiger partial charge on any atom is 0.165 e. The normalized spacial score (nSPS) is 19.2. The molecule has 0 bridgehead atoms. The van der Waals surface area contributed by atoms with Gasteiger partial charge in [0.1, 0.15) is 48.1 Å². The molecule has 0 fully saturated rings. The zero-order valence-electron chi connectivity index (χ0n) is 43.4. The van der Waals surface area contributed by atoms with Crippen LogP contribution in [0.25, 0.3) is 11.1 Å². The summed E-state index contributed by atoms with van der Waals surface area (Å²) in [7, 11) is 5.56. The minimum atomic E-state index is -1.55. The van der Waals surface area contributed by atoms with Crippen molar-refractivity contribution in [2.45, 2.75) is 67.0 Å². The Balaban J connectivity index is 1.03. The number of phenols is 1. The van der Waals surface area contributed by atoms with E-state index in [1.54, 1.807) is 36.4 Å². The first-order valence-electron chi connectivity index (χ1n) is 25.0. The van der Waals surface area contributed by atoms with Gasteiger partial charge in [-0.25, -0.2) is 4.89 Å². The third kappa shape index (κ3) is 11.9. The van der Waals surface area contributed by atoms with Crippen LogP contribution in [0.3, 0.4) is 0 Å². The fraction of sp³-hybridized carbons (Fsp3) is 0.368. The minimum absolute atomic E-state index is 0.0466. The summed E-state index contributed by atoms with van der Waals surface area (Å²) in [5.41, 5.74) is 3.16. The van der Waals surface area contributed by atoms with Gasteiger partial charge in [0.2, 0.25) is 0 Å². The van der Waals surface area contributed by atoms with Crippen molar-refractivity contribution in [1.82, 2.24) is 0 Å². The molecule has 11 atom stereocenters. The van der Waals surface area contributed by atoms with Crippen LogP contribution < -0.4 is 42.6 Å². The second kappa shape index (κ2) is 25.7. The van der Waals surface area contributed by atoms with E-state index in [4.69, 9.17) is 42.6 Å². The van der Waals surface area contributed by atoms with E-state index in [0.717, 1.165) is 0 Å². The third-order valence-corrected chi connectivity index (χ3v) is 14.0. The monoisotopic (exact) mass is 1100 g/mol. The maximum atomic E-state index is 11.9. The van der Waals surface area contributed by atoms with Crippen LogP contribution in [0.4, 0.5) is 0 Å². The molecule has 22 nitrogen and oxygen atoms in total. The molecule has 0 saturated heterocycles. The molecule has 2 heterocycles. The van der Waals surface area contributed by atoms with Gasteiger partial charge >= 0.3 is 0 Å². The summed E-state index contributed by atoms with van der Waals surface area (Å²) in [6, 6.07) is 26.0. The summed E-state index contributed by atoms with van der Waals surface area (Å²) in [6.07, 6.45) is -12.6. The summed E-state index contributed by atoms with van der Waals surface area (Å²) >= 11 is 0. The van der Waals surface area contributed by atoms with Gasteiger partial charge in [-0.2, -0.15) is 0 Å². The van der Waals surface area contributed by atoms with E-state index in [-0.39, 0.29) is 74.9 Å².